The number of nitrogens with one attached hydrogen (secondary N) is 1. The highest BCUT2D eigenvalue weighted by molar-refractivity contribution is 5.61. The van der Waals surface area contributed by atoms with Gasteiger partial charge in [-0.25, -0.2) is 4.98 Å². The number of hydrogen-bond donors (Lipinski definition) is 4. The van der Waals surface area contributed by atoms with Gasteiger partial charge in [0.05, 0.1) is 11.8 Å². The molecule has 0 aliphatic carbocycles. The third-order valence-electron chi connectivity index (χ3n) is 2.10. The van der Waals surface area contributed by atoms with Crippen molar-refractivity contribution in [2.75, 3.05) is 23.3 Å². The van der Waals surface area contributed by atoms with Crippen LogP contribution >= 0.6 is 0 Å². The Hall–Kier alpha value is -1.49. The summed E-state index contributed by atoms with van der Waals surface area (Å²) >= 11 is 0. The van der Waals surface area contributed by atoms with Crippen LogP contribution in [0.25, 0.3) is 0 Å². The summed E-state index contributed by atoms with van der Waals surface area (Å²) in [4.78, 5) is 4.04. The SMILES string of the molecule is CCCC(O)CNc1ccc(N)c(N)n1. The fourth-order valence-corrected chi connectivity index (χ4v) is 1.24. The number of aliphatic hydroxyl groups excluding tert-OH is 1. The van der Waals surface area contributed by atoms with Crippen molar-refractivity contribution >= 4 is 17.3 Å². The van der Waals surface area contributed by atoms with Crippen LogP contribution in [0.4, 0.5) is 17.3 Å². The summed E-state index contributed by atoms with van der Waals surface area (Å²) in [7, 11) is 0. The van der Waals surface area contributed by atoms with E-state index in [9.17, 15) is 5.11 Å². The average molecular weight is 210 g/mol. The molecule has 1 rings (SSSR count). The maximum absolute atomic E-state index is 9.49. The predicted molar refractivity (Wildman–Crippen MR) is 62.5 cm³/mol. The molecule has 5 nitrogen and oxygen atoms in total. The van der Waals surface area contributed by atoms with Crippen LogP contribution in [0.5, 0.6) is 0 Å². The summed E-state index contributed by atoms with van der Waals surface area (Å²) in [5.74, 6) is 0.946. The molecule has 0 aromatic carbocycles. The zero-order chi connectivity index (χ0) is 11.3. The van der Waals surface area contributed by atoms with Crippen LogP contribution in [0, 0.1) is 0 Å². The highest BCUT2D eigenvalue weighted by Crippen LogP contribution is 2.14. The van der Waals surface area contributed by atoms with E-state index in [1.807, 2.05) is 6.92 Å². The molecule has 0 radical (unpaired) electrons. The Morgan fingerprint density at radius 2 is 2.20 bits per heavy atom. The van der Waals surface area contributed by atoms with Crippen molar-refractivity contribution < 1.29 is 5.11 Å². The fraction of sp³-hybridized carbons (Fsp3) is 0.500. The Kier molecular flexibility index (Phi) is 4.17. The van der Waals surface area contributed by atoms with Crippen LogP contribution in [-0.2, 0) is 0 Å². The van der Waals surface area contributed by atoms with E-state index in [1.54, 1.807) is 12.1 Å². The van der Waals surface area contributed by atoms with Crippen LogP contribution in [-0.4, -0.2) is 22.7 Å². The number of anilines is 3. The van der Waals surface area contributed by atoms with Crippen molar-refractivity contribution in [3.05, 3.63) is 12.1 Å². The van der Waals surface area contributed by atoms with Gasteiger partial charge in [-0.05, 0) is 18.6 Å². The Morgan fingerprint density at radius 1 is 1.47 bits per heavy atom. The predicted octanol–water partition coefficient (Wildman–Crippen LogP) is 0.819. The first-order valence-corrected chi connectivity index (χ1v) is 5.07. The van der Waals surface area contributed by atoms with Crippen molar-refractivity contribution in [1.82, 2.24) is 4.98 Å². The van der Waals surface area contributed by atoms with Gasteiger partial charge in [0.1, 0.15) is 11.6 Å². The van der Waals surface area contributed by atoms with Crippen LogP contribution in [0.15, 0.2) is 12.1 Å². The van der Waals surface area contributed by atoms with Crippen LogP contribution in [0.2, 0.25) is 0 Å². The van der Waals surface area contributed by atoms with E-state index in [2.05, 4.69) is 10.3 Å². The molecule has 0 bridgehead atoms. The van der Waals surface area contributed by atoms with Crippen molar-refractivity contribution in [1.29, 1.82) is 0 Å². The van der Waals surface area contributed by atoms with Crippen molar-refractivity contribution in [2.45, 2.75) is 25.9 Å². The molecule has 0 saturated heterocycles. The van der Waals surface area contributed by atoms with Gasteiger partial charge in [-0.2, -0.15) is 0 Å². The first-order valence-electron chi connectivity index (χ1n) is 5.07. The molecule has 84 valence electrons. The lowest BCUT2D eigenvalue weighted by Crippen LogP contribution is -2.19. The lowest BCUT2D eigenvalue weighted by Gasteiger charge is -2.11. The molecule has 1 aromatic rings. The van der Waals surface area contributed by atoms with E-state index in [-0.39, 0.29) is 6.10 Å². The van der Waals surface area contributed by atoms with E-state index < -0.39 is 0 Å². The van der Waals surface area contributed by atoms with Gasteiger partial charge in [0.15, 0.2) is 0 Å². The van der Waals surface area contributed by atoms with Gasteiger partial charge in [-0.1, -0.05) is 13.3 Å². The van der Waals surface area contributed by atoms with Gasteiger partial charge in [-0.15, -0.1) is 0 Å². The Labute approximate surface area is 89.5 Å². The first-order chi connectivity index (χ1) is 7.13. The van der Waals surface area contributed by atoms with E-state index in [0.717, 1.165) is 12.8 Å². The second kappa shape index (κ2) is 5.41. The molecule has 0 aliphatic heterocycles. The first kappa shape index (κ1) is 11.6. The Balaban J connectivity index is 2.47. The number of pyridine rings is 1. The van der Waals surface area contributed by atoms with E-state index >= 15 is 0 Å². The Morgan fingerprint density at radius 3 is 2.80 bits per heavy atom. The maximum Gasteiger partial charge on any atom is 0.149 e. The molecule has 0 saturated carbocycles. The highest BCUT2D eigenvalue weighted by Gasteiger charge is 2.03. The summed E-state index contributed by atoms with van der Waals surface area (Å²) < 4.78 is 0. The third kappa shape index (κ3) is 3.63. The molecule has 1 unspecified atom stereocenters. The summed E-state index contributed by atoms with van der Waals surface area (Å²) in [6, 6.07) is 3.43. The molecule has 0 amide bonds. The fourth-order valence-electron chi connectivity index (χ4n) is 1.24. The number of aromatic nitrogens is 1. The lowest BCUT2D eigenvalue weighted by atomic mass is 10.2. The zero-order valence-electron chi connectivity index (χ0n) is 8.90. The van der Waals surface area contributed by atoms with Crippen molar-refractivity contribution in [3.8, 4) is 0 Å². The number of nitrogens with zero attached hydrogens (tertiary/aromatic N) is 1. The van der Waals surface area contributed by atoms with Crippen molar-refractivity contribution in [2.24, 2.45) is 0 Å². The molecular weight excluding hydrogens is 192 g/mol. The van der Waals surface area contributed by atoms with Crippen LogP contribution in [0.3, 0.4) is 0 Å². The summed E-state index contributed by atoms with van der Waals surface area (Å²) in [5, 5.41) is 12.5. The minimum absolute atomic E-state index is 0.310. The Bertz CT molecular complexity index is 316. The normalized spacial score (nSPS) is 12.4. The molecule has 0 fully saturated rings. The van der Waals surface area contributed by atoms with E-state index in [4.69, 9.17) is 11.5 Å². The van der Waals surface area contributed by atoms with Gasteiger partial charge >= 0.3 is 0 Å². The van der Waals surface area contributed by atoms with Gasteiger partial charge in [0.2, 0.25) is 0 Å². The van der Waals surface area contributed by atoms with E-state index in [0.29, 0.717) is 23.9 Å². The minimum atomic E-state index is -0.351. The van der Waals surface area contributed by atoms with Crippen LogP contribution < -0.4 is 16.8 Å². The minimum Gasteiger partial charge on any atom is -0.396 e. The number of hydrogen-bond acceptors (Lipinski definition) is 5. The molecule has 1 atom stereocenters. The summed E-state index contributed by atoms with van der Waals surface area (Å²) in [6.07, 6.45) is 1.38. The molecule has 1 aromatic heterocycles. The number of rotatable bonds is 5. The molecule has 6 N–H and O–H groups in total. The average Bonchev–Trinajstić information content (AvgIpc) is 2.20. The van der Waals surface area contributed by atoms with E-state index in [1.165, 1.54) is 0 Å². The number of nitrogens with two attached hydrogens (primary N) is 2. The highest BCUT2D eigenvalue weighted by atomic mass is 16.3. The van der Waals surface area contributed by atoms with Crippen LogP contribution in [0.1, 0.15) is 19.8 Å². The maximum atomic E-state index is 9.49. The molecule has 5 heteroatoms. The topological polar surface area (TPSA) is 97.2 Å². The molecule has 15 heavy (non-hydrogen) atoms. The quantitative estimate of drug-likeness (QED) is 0.577. The third-order valence-corrected chi connectivity index (χ3v) is 2.10. The zero-order valence-corrected chi connectivity index (χ0v) is 8.90. The van der Waals surface area contributed by atoms with Gasteiger partial charge < -0.3 is 21.9 Å². The van der Waals surface area contributed by atoms with Gasteiger partial charge in [0.25, 0.3) is 0 Å². The second-order valence-electron chi connectivity index (χ2n) is 3.49. The van der Waals surface area contributed by atoms with Crippen molar-refractivity contribution in [3.63, 3.8) is 0 Å². The molecule has 1 heterocycles. The molecule has 0 spiro atoms. The second-order valence-corrected chi connectivity index (χ2v) is 3.49. The molecule has 0 aliphatic rings. The summed E-state index contributed by atoms with van der Waals surface area (Å²) in [5.41, 5.74) is 11.5. The van der Waals surface area contributed by atoms with Gasteiger partial charge in [0, 0.05) is 6.54 Å². The number of aliphatic hydroxyl groups is 1. The number of nitrogen functional groups attached to an aromatic ring is 2. The monoisotopic (exact) mass is 210 g/mol. The summed E-state index contributed by atoms with van der Waals surface area (Å²) in [6.45, 7) is 2.51. The lowest BCUT2D eigenvalue weighted by molar-refractivity contribution is 0.176. The standard InChI is InChI=1S/C10H18N4O/c1-2-3-7(15)6-13-9-5-4-8(11)10(12)14-9/h4-5,7,15H,2-3,6,11H2,1H3,(H3,12,13,14). The smallest absolute Gasteiger partial charge is 0.149 e. The van der Waals surface area contributed by atoms with Gasteiger partial charge in [-0.3, -0.25) is 0 Å². The largest absolute Gasteiger partial charge is 0.396 e. The molecular formula is C10H18N4O.